The number of para-hydroxylation sites is 2. The molecule has 5 nitrogen and oxygen atoms in total. The Kier molecular flexibility index (Phi) is 3.95. The Morgan fingerprint density at radius 1 is 1.00 bits per heavy atom. The number of hydrogen-bond donors (Lipinski definition) is 0. The largest absolute Gasteiger partial charge is 0.618 e. The number of benzene rings is 2. The SMILES string of the molecule is O=c1c(-c2cccs2)[n+]([O-])c2ccccc2n1OCc1ccccc1. The van der Waals surface area contributed by atoms with Crippen LogP contribution in [0.2, 0.25) is 0 Å². The maximum absolute atomic E-state index is 12.9. The molecular weight excluding hydrogens is 336 g/mol. The van der Waals surface area contributed by atoms with Crippen molar-refractivity contribution in [2.45, 2.75) is 6.61 Å². The molecule has 6 heteroatoms. The first-order chi connectivity index (χ1) is 12.3. The molecule has 0 amide bonds. The van der Waals surface area contributed by atoms with Crippen molar-refractivity contribution in [2.75, 3.05) is 0 Å². The minimum absolute atomic E-state index is 0.0711. The molecule has 0 fully saturated rings. The number of nitrogens with zero attached hydrogens (tertiary/aromatic N) is 2. The summed E-state index contributed by atoms with van der Waals surface area (Å²) in [7, 11) is 0. The van der Waals surface area contributed by atoms with Gasteiger partial charge in [0.1, 0.15) is 11.5 Å². The average molecular weight is 350 g/mol. The Hall–Kier alpha value is -3.12. The molecule has 0 saturated carbocycles. The van der Waals surface area contributed by atoms with Gasteiger partial charge in [-0.1, -0.05) is 48.5 Å². The van der Waals surface area contributed by atoms with Crippen molar-refractivity contribution in [3.05, 3.63) is 93.2 Å². The Labute approximate surface area is 147 Å². The maximum Gasteiger partial charge on any atom is 0.358 e. The van der Waals surface area contributed by atoms with E-state index in [-0.39, 0.29) is 12.3 Å². The Bertz CT molecular complexity index is 1070. The number of thiophene rings is 1. The molecule has 2 heterocycles. The molecule has 0 aliphatic heterocycles. The minimum Gasteiger partial charge on any atom is -0.618 e. The molecule has 0 atom stereocenters. The van der Waals surface area contributed by atoms with Gasteiger partial charge in [-0.15, -0.1) is 16.1 Å². The van der Waals surface area contributed by atoms with Crippen molar-refractivity contribution < 1.29 is 9.57 Å². The molecule has 25 heavy (non-hydrogen) atoms. The van der Waals surface area contributed by atoms with E-state index in [4.69, 9.17) is 4.84 Å². The van der Waals surface area contributed by atoms with Crippen molar-refractivity contribution in [1.82, 2.24) is 4.73 Å². The van der Waals surface area contributed by atoms with Crippen molar-refractivity contribution in [3.63, 3.8) is 0 Å². The molecule has 0 radical (unpaired) electrons. The molecule has 0 bridgehead atoms. The Balaban J connectivity index is 1.89. The summed E-state index contributed by atoms with van der Waals surface area (Å²) in [4.78, 5) is 19.3. The zero-order chi connectivity index (χ0) is 17.2. The smallest absolute Gasteiger partial charge is 0.358 e. The summed E-state index contributed by atoms with van der Waals surface area (Å²) in [5.74, 6) is 0. The van der Waals surface area contributed by atoms with E-state index in [1.165, 1.54) is 16.1 Å². The zero-order valence-electron chi connectivity index (χ0n) is 13.2. The molecule has 0 aliphatic rings. The number of fused-ring (bicyclic) bond motifs is 1. The molecular formula is C19H14N2O3S. The molecule has 0 saturated heterocycles. The summed E-state index contributed by atoms with van der Waals surface area (Å²) >= 11 is 1.35. The molecule has 0 aliphatic carbocycles. The van der Waals surface area contributed by atoms with Gasteiger partial charge in [-0.3, -0.25) is 4.79 Å². The van der Waals surface area contributed by atoms with E-state index in [1.807, 2.05) is 41.8 Å². The summed E-state index contributed by atoms with van der Waals surface area (Å²) in [6.45, 7) is 0.234. The highest BCUT2D eigenvalue weighted by Crippen LogP contribution is 2.20. The molecule has 0 N–H and O–H groups in total. The fourth-order valence-corrected chi connectivity index (χ4v) is 3.42. The lowest BCUT2D eigenvalue weighted by Gasteiger charge is -2.13. The molecule has 0 unspecified atom stereocenters. The van der Waals surface area contributed by atoms with Gasteiger partial charge in [0.05, 0.1) is 0 Å². The third-order valence-corrected chi connectivity index (χ3v) is 4.74. The molecule has 4 rings (SSSR count). The van der Waals surface area contributed by atoms with Gasteiger partial charge < -0.3 is 10.0 Å². The van der Waals surface area contributed by atoms with Crippen molar-refractivity contribution >= 4 is 22.4 Å². The Morgan fingerprint density at radius 3 is 2.52 bits per heavy atom. The van der Waals surface area contributed by atoms with Crippen LogP contribution in [0.3, 0.4) is 0 Å². The van der Waals surface area contributed by atoms with Crippen LogP contribution < -0.4 is 15.1 Å². The van der Waals surface area contributed by atoms with Crippen LogP contribution in [-0.2, 0) is 6.61 Å². The predicted octanol–water partition coefficient (Wildman–Crippen LogP) is 2.99. The van der Waals surface area contributed by atoms with Gasteiger partial charge in [0, 0.05) is 6.07 Å². The van der Waals surface area contributed by atoms with Gasteiger partial charge in [-0.05, 0) is 23.1 Å². The highest BCUT2D eigenvalue weighted by Gasteiger charge is 2.23. The first kappa shape index (κ1) is 15.4. The van der Waals surface area contributed by atoms with Gasteiger partial charge >= 0.3 is 11.3 Å². The first-order valence-corrected chi connectivity index (χ1v) is 8.62. The molecule has 4 aromatic rings. The average Bonchev–Trinajstić information content (AvgIpc) is 3.17. The Morgan fingerprint density at radius 2 is 1.76 bits per heavy atom. The fraction of sp³-hybridized carbons (Fsp3) is 0.0526. The standard InChI is InChI=1S/C19H14N2O3S/c22-19-18(17-11-6-12-25-17)20(23)15-9-4-5-10-16(15)21(19)24-13-14-7-2-1-3-8-14/h1-12H,13H2. The quantitative estimate of drug-likeness (QED) is 0.420. The van der Waals surface area contributed by atoms with Crippen LogP contribution in [0.5, 0.6) is 0 Å². The number of rotatable bonds is 4. The number of hydrogen-bond acceptors (Lipinski definition) is 4. The monoisotopic (exact) mass is 350 g/mol. The lowest BCUT2D eigenvalue weighted by Crippen LogP contribution is -2.42. The topological polar surface area (TPSA) is 58.2 Å². The van der Waals surface area contributed by atoms with Gasteiger partial charge in [0.25, 0.3) is 0 Å². The molecule has 2 aromatic heterocycles. The van der Waals surface area contributed by atoms with E-state index in [9.17, 15) is 10.0 Å². The highest BCUT2D eigenvalue weighted by atomic mass is 32.1. The molecule has 0 spiro atoms. The van der Waals surface area contributed by atoms with Crippen LogP contribution >= 0.6 is 11.3 Å². The zero-order valence-corrected chi connectivity index (χ0v) is 14.0. The second-order valence-electron chi connectivity index (χ2n) is 5.47. The second kappa shape index (κ2) is 6.41. The van der Waals surface area contributed by atoms with E-state index < -0.39 is 5.56 Å². The third-order valence-electron chi connectivity index (χ3n) is 3.87. The lowest BCUT2D eigenvalue weighted by atomic mass is 10.2. The summed E-state index contributed by atoms with van der Waals surface area (Å²) in [5.41, 5.74) is 1.38. The molecule has 2 aromatic carbocycles. The van der Waals surface area contributed by atoms with Gasteiger partial charge in [0.15, 0.2) is 5.52 Å². The summed E-state index contributed by atoms with van der Waals surface area (Å²) in [6, 6.07) is 20.1. The van der Waals surface area contributed by atoms with Crippen molar-refractivity contribution in [2.24, 2.45) is 0 Å². The van der Waals surface area contributed by atoms with Crippen molar-refractivity contribution in [3.8, 4) is 10.6 Å². The van der Waals surface area contributed by atoms with Gasteiger partial charge in [0.2, 0.25) is 5.52 Å². The third kappa shape index (κ3) is 2.77. The van der Waals surface area contributed by atoms with Crippen LogP contribution in [0.4, 0.5) is 0 Å². The van der Waals surface area contributed by atoms with Crippen LogP contribution in [-0.4, -0.2) is 4.73 Å². The second-order valence-corrected chi connectivity index (χ2v) is 6.42. The van der Waals surface area contributed by atoms with E-state index in [0.29, 0.717) is 20.6 Å². The maximum atomic E-state index is 12.9. The summed E-state index contributed by atoms with van der Waals surface area (Å²) < 4.78 is 1.90. The predicted molar refractivity (Wildman–Crippen MR) is 97.2 cm³/mol. The lowest BCUT2D eigenvalue weighted by molar-refractivity contribution is -0.566. The van der Waals surface area contributed by atoms with Crippen molar-refractivity contribution in [1.29, 1.82) is 0 Å². The fourth-order valence-electron chi connectivity index (χ4n) is 2.68. The molecule has 124 valence electrons. The van der Waals surface area contributed by atoms with Crippen LogP contribution in [0.1, 0.15) is 5.56 Å². The summed E-state index contributed by atoms with van der Waals surface area (Å²) in [6.07, 6.45) is 0. The first-order valence-electron chi connectivity index (χ1n) is 7.74. The van der Waals surface area contributed by atoms with Gasteiger partial charge in [-0.25, -0.2) is 0 Å². The van der Waals surface area contributed by atoms with E-state index >= 15 is 0 Å². The highest BCUT2D eigenvalue weighted by molar-refractivity contribution is 7.13. The normalized spacial score (nSPS) is 10.9. The number of aromatic nitrogens is 2. The summed E-state index contributed by atoms with van der Waals surface area (Å²) in [5, 5.41) is 14.6. The van der Waals surface area contributed by atoms with E-state index in [0.717, 1.165) is 5.56 Å². The van der Waals surface area contributed by atoms with Crippen LogP contribution in [0.25, 0.3) is 21.6 Å². The van der Waals surface area contributed by atoms with E-state index in [1.54, 1.807) is 30.3 Å². The minimum atomic E-state index is -0.466. The van der Waals surface area contributed by atoms with Gasteiger partial charge in [-0.2, -0.15) is 4.73 Å². The van der Waals surface area contributed by atoms with Crippen LogP contribution in [0, 0.1) is 5.21 Å². The van der Waals surface area contributed by atoms with Crippen LogP contribution in [0.15, 0.2) is 76.9 Å². The van der Waals surface area contributed by atoms with E-state index in [2.05, 4.69) is 0 Å².